The third-order valence-electron chi connectivity index (χ3n) is 1.52. The summed E-state index contributed by atoms with van der Waals surface area (Å²) < 4.78 is 23.4. The molecule has 12 heavy (non-hydrogen) atoms. The Morgan fingerprint density at radius 2 is 2.17 bits per heavy atom. The first-order valence-corrected chi connectivity index (χ1v) is 3.91. The highest BCUT2D eigenvalue weighted by Gasteiger charge is 2.15. The van der Waals surface area contributed by atoms with E-state index in [-0.39, 0.29) is 6.54 Å². The van der Waals surface area contributed by atoms with E-state index in [9.17, 15) is 8.78 Å². The molecule has 0 saturated carbocycles. The number of aliphatic hydroxyl groups excluding tert-OH is 1. The summed E-state index contributed by atoms with van der Waals surface area (Å²) in [7, 11) is 0. The normalized spacial score (nSPS) is 13.4. The Kier molecular flexibility index (Phi) is 5.84. The quantitative estimate of drug-likeness (QED) is 0.600. The van der Waals surface area contributed by atoms with Gasteiger partial charge in [0.2, 0.25) is 0 Å². The van der Waals surface area contributed by atoms with Crippen LogP contribution in [-0.2, 0) is 0 Å². The number of aliphatic hydroxyl groups is 1. The number of alkyl halides is 2. The van der Waals surface area contributed by atoms with Gasteiger partial charge in [0.25, 0.3) is 6.43 Å². The molecule has 0 spiro atoms. The van der Waals surface area contributed by atoms with Crippen LogP contribution in [0.3, 0.4) is 0 Å². The van der Waals surface area contributed by atoms with Crippen molar-refractivity contribution in [2.24, 2.45) is 0 Å². The lowest BCUT2D eigenvalue weighted by molar-refractivity contribution is -0.00284. The molecule has 0 radical (unpaired) electrons. The van der Waals surface area contributed by atoms with Crippen molar-refractivity contribution in [3.8, 4) is 0 Å². The molecule has 0 aliphatic rings. The number of halogens is 2. The Bertz CT molecular complexity index is 139. The summed E-state index contributed by atoms with van der Waals surface area (Å²) in [5.41, 5.74) is 0.941. The maximum Gasteiger partial charge on any atom is 0.265 e. The van der Waals surface area contributed by atoms with Gasteiger partial charge in [-0.2, -0.15) is 0 Å². The van der Waals surface area contributed by atoms with Crippen molar-refractivity contribution in [1.29, 1.82) is 0 Å². The fourth-order valence-corrected chi connectivity index (χ4v) is 0.611. The van der Waals surface area contributed by atoms with E-state index >= 15 is 0 Å². The number of hydrogen-bond acceptors (Lipinski definition) is 2. The topological polar surface area (TPSA) is 32.3 Å². The minimum Gasteiger partial charge on any atom is -0.386 e. The van der Waals surface area contributed by atoms with Gasteiger partial charge in [-0.1, -0.05) is 19.1 Å². The monoisotopic (exact) mass is 179 g/mol. The van der Waals surface area contributed by atoms with Crippen molar-refractivity contribution in [3.05, 3.63) is 12.2 Å². The third-order valence-corrected chi connectivity index (χ3v) is 1.52. The lowest BCUT2D eigenvalue weighted by atomic mass is 10.2. The van der Waals surface area contributed by atoms with E-state index in [2.05, 4.69) is 11.9 Å². The Morgan fingerprint density at radius 1 is 1.58 bits per heavy atom. The van der Waals surface area contributed by atoms with Crippen molar-refractivity contribution < 1.29 is 13.9 Å². The highest BCUT2D eigenvalue weighted by atomic mass is 19.3. The van der Waals surface area contributed by atoms with Gasteiger partial charge in [0.15, 0.2) is 0 Å². The molecule has 0 saturated heterocycles. The van der Waals surface area contributed by atoms with Crippen molar-refractivity contribution in [3.63, 3.8) is 0 Å². The summed E-state index contributed by atoms with van der Waals surface area (Å²) in [6.45, 7) is 6.02. The largest absolute Gasteiger partial charge is 0.386 e. The molecular formula is C8H15F2NO. The first kappa shape index (κ1) is 11.5. The average molecular weight is 179 g/mol. The predicted molar refractivity (Wildman–Crippen MR) is 44.3 cm³/mol. The van der Waals surface area contributed by atoms with E-state index in [1.165, 1.54) is 0 Å². The van der Waals surface area contributed by atoms with Gasteiger partial charge in [-0.25, -0.2) is 8.78 Å². The van der Waals surface area contributed by atoms with Crippen LogP contribution in [0.15, 0.2) is 12.2 Å². The molecule has 0 rings (SSSR count). The van der Waals surface area contributed by atoms with Gasteiger partial charge < -0.3 is 10.4 Å². The lowest BCUT2D eigenvalue weighted by Crippen LogP contribution is -2.32. The Labute approximate surface area is 71.3 Å². The predicted octanol–water partition coefficient (Wildman–Crippen LogP) is 1.17. The maximum absolute atomic E-state index is 11.7. The summed E-state index contributed by atoms with van der Waals surface area (Å²) in [5, 5.41) is 11.4. The maximum atomic E-state index is 11.7. The number of rotatable bonds is 6. The van der Waals surface area contributed by atoms with Crippen LogP contribution in [0.1, 0.15) is 13.3 Å². The summed E-state index contributed by atoms with van der Waals surface area (Å²) in [5.74, 6) is 0. The van der Waals surface area contributed by atoms with E-state index in [0.717, 1.165) is 12.0 Å². The molecule has 0 aromatic carbocycles. The van der Waals surface area contributed by atoms with Crippen LogP contribution in [-0.4, -0.2) is 30.7 Å². The molecule has 1 unspecified atom stereocenters. The minimum absolute atomic E-state index is 0.0866. The second-order valence-corrected chi connectivity index (χ2v) is 2.64. The van der Waals surface area contributed by atoms with Crippen LogP contribution < -0.4 is 5.32 Å². The van der Waals surface area contributed by atoms with Gasteiger partial charge in [0, 0.05) is 13.1 Å². The van der Waals surface area contributed by atoms with Crippen LogP contribution in [0.5, 0.6) is 0 Å². The molecule has 72 valence electrons. The fraction of sp³-hybridized carbons (Fsp3) is 0.750. The van der Waals surface area contributed by atoms with Gasteiger partial charge in [-0.3, -0.25) is 0 Å². The van der Waals surface area contributed by atoms with E-state index in [1.807, 2.05) is 6.92 Å². The summed E-state index contributed by atoms with van der Waals surface area (Å²) in [6, 6.07) is 0. The van der Waals surface area contributed by atoms with E-state index in [4.69, 9.17) is 5.11 Å². The van der Waals surface area contributed by atoms with Crippen molar-refractivity contribution in [2.45, 2.75) is 25.9 Å². The molecule has 0 aliphatic carbocycles. The minimum atomic E-state index is -2.67. The van der Waals surface area contributed by atoms with Crippen LogP contribution in [0, 0.1) is 0 Å². The molecule has 2 N–H and O–H groups in total. The van der Waals surface area contributed by atoms with Crippen molar-refractivity contribution in [2.75, 3.05) is 13.1 Å². The second kappa shape index (κ2) is 6.08. The van der Waals surface area contributed by atoms with Crippen LogP contribution >= 0.6 is 0 Å². The van der Waals surface area contributed by atoms with Crippen molar-refractivity contribution >= 4 is 0 Å². The SMILES string of the molecule is C=C(CC)CNCC(O)C(F)F. The fourth-order valence-electron chi connectivity index (χ4n) is 0.611. The first-order chi connectivity index (χ1) is 5.57. The molecule has 2 nitrogen and oxygen atoms in total. The summed E-state index contributed by atoms with van der Waals surface area (Å²) >= 11 is 0. The van der Waals surface area contributed by atoms with Gasteiger partial charge in [-0.15, -0.1) is 0 Å². The smallest absolute Gasteiger partial charge is 0.265 e. The zero-order valence-corrected chi connectivity index (χ0v) is 7.19. The average Bonchev–Trinajstić information content (AvgIpc) is 2.03. The molecular weight excluding hydrogens is 164 g/mol. The van der Waals surface area contributed by atoms with Crippen molar-refractivity contribution in [1.82, 2.24) is 5.32 Å². The number of hydrogen-bond donors (Lipinski definition) is 2. The van der Waals surface area contributed by atoms with Gasteiger partial charge >= 0.3 is 0 Å². The van der Waals surface area contributed by atoms with E-state index in [0.29, 0.717) is 6.54 Å². The standard InChI is InChI=1S/C8H15F2NO/c1-3-6(2)4-11-5-7(12)8(9)10/h7-8,11-12H,2-5H2,1H3. The van der Waals surface area contributed by atoms with E-state index < -0.39 is 12.5 Å². The van der Waals surface area contributed by atoms with Crippen LogP contribution in [0.25, 0.3) is 0 Å². The summed E-state index contributed by atoms with van der Waals surface area (Å²) in [4.78, 5) is 0. The molecule has 0 aromatic rings. The second-order valence-electron chi connectivity index (χ2n) is 2.64. The zero-order valence-electron chi connectivity index (χ0n) is 7.19. The highest BCUT2D eigenvalue weighted by molar-refractivity contribution is 4.94. The molecule has 0 fully saturated rings. The van der Waals surface area contributed by atoms with Gasteiger partial charge in [-0.05, 0) is 6.42 Å². The Morgan fingerprint density at radius 3 is 2.58 bits per heavy atom. The lowest BCUT2D eigenvalue weighted by Gasteiger charge is -2.10. The third kappa shape index (κ3) is 5.21. The first-order valence-electron chi connectivity index (χ1n) is 3.91. The van der Waals surface area contributed by atoms with Gasteiger partial charge in [0.1, 0.15) is 6.10 Å². The molecule has 0 aliphatic heterocycles. The molecule has 0 heterocycles. The highest BCUT2D eigenvalue weighted by Crippen LogP contribution is 1.99. The zero-order chi connectivity index (χ0) is 9.56. The summed E-state index contributed by atoms with van der Waals surface area (Å²) in [6.07, 6.45) is -3.43. The Hall–Kier alpha value is -0.480. The van der Waals surface area contributed by atoms with E-state index in [1.54, 1.807) is 0 Å². The molecule has 0 amide bonds. The molecule has 0 aromatic heterocycles. The van der Waals surface area contributed by atoms with Gasteiger partial charge in [0.05, 0.1) is 0 Å². The number of nitrogens with one attached hydrogen (secondary N) is 1. The molecule has 0 bridgehead atoms. The molecule has 4 heteroatoms. The molecule has 1 atom stereocenters. The van der Waals surface area contributed by atoms with Crippen LogP contribution in [0.4, 0.5) is 8.78 Å². The Balaban J connectivity index is 3.37. The van der Waals surface area contributed by atoms with Crippen LogP contribution in [0.2, 0.25) is 0 Å².